The molecule has 1 saturated heterocycles. The van der Waals surface area contributed by atoms with E-state index in [1.165, 1.54) is 0 Å². The van der Waals surface area contributed by atoms with Crippen LogP contribution in [0.5, 0.6) is 0 Å². The molecule has 3 aromatic rings. The number of nitrogens with one attached hydrogen (secondary N) is 1. The Labute approximate surface area is 150 Å². The summed E-state index contributed by atoms with van der Waals surface area (Å²) in [5.41, 5.74) is 1.61. The van der Waals surface area contributed by atoms with Gasteiger partial charge in [-0.1, -0.05) is 12.1 Å². The number of anilines is 1. The summed E-state index contributed by atoms with van der Waals surface area (Å²) >= 11 is 0. The molecule has 1 N–H and O–H groups in total. The van der Waals surface area contributed by atoms with Crippen molar-refractivity contribution in [3.8, 4) is 11.3 Å². The molecule has 8 heteroatoms. The van der Waals surface area contributed by atoms with Crippen LogP contribution in [0.2, 0.25) is 0 Å². The molecule has 0 unspecified atom stereocenters. The van der Waals surface area contributed by atoms with Gasteiger partial charge in [0.05, 0.1) is 31.5 Å². The number of nitrogens with zero attached hydrogens (tertiary/aromatic N) is 4. The first-order valence-electron chi connectivity index (χ1n) is 8.47. The van der Waals surface area contributed by atoms with Gasteiger partial charge in [0.1, 0.15) is 0 Å². The molecule has 3 heterocycles. The molecule has 26 heavy (non-hydrogen) atoms. The fraction of sp³-hybridized carbons (Fsp3) is 0.333. The third-order valence-electron chi connectivity index (χ3n) is 4.21. The molecule has 1 aliphatic heterocycles. The lowest BCUT2D eigenvalue weighted by molar-refractivity contribution is -0.118. The average Bonchev–Trinajstić information content (AvgIpc) is 3.08. The van der Waals surface area contributed by atoms with Crippen LogP contribution in [0.3, 0.4) is 0 Å². The quantitative estimate of drug-likeness (QED) is 0.765. The first-order valence-corrected chi connectivity index (χ1v) is 8.47. The number of amides is 1. The number of benzene rings is 1. The van der Waals surface area contributed by atoms with Gasteiger partial charge in [0.15, 0.2) is 11.7 Å². The van der Waals surface area contributed by atoms with Crippen molar-refractivity contribution in [3.05, 3.63) is 36.5 Å². The summed E-state index contributed by atoms with van der Waals surface area (Å²) in [4.78, 5) is 27.0. The molecule has 134 valence electrons. The van der Waals surface area contributed by atoms with Gasteiger partial charge in [-0.3, -0.25) is 15.0 Å². The van der Waals surface area contributed by atoms with Crippen molar-refractivity contribution in [2.75, 3.05) is 38.2 Å². The van der Waals surface area contributed by atoms with Gasteiger partial charge in [0.2, 0.25) is 11.9 Å². The van der Waals surface area contributed by atoms with Crippen molar-refractivity contribution in [1.82, 2.24) is 19.9 Å². The summed E-state index contributed by atoms with van der Waals surface area (Å²) in [5.74, 6) is 1.45. The van der Waals surface area contributed by atoms with E-state index >= 15 is 0 Å². The summed E-state index contributed by atoms with van der Waals surface area (Å²) in [6, 6.07) is 5.75. The second-order valence-electron chi connectivity index (χ2n) is 6.15. The van der Waals surface area contributed by atoms with Crippen LogP contribution in [-0.4, -0.2) is 58.6 Å². The zero-order valence-corrected chi connectivity index (χ0v) is 14.4. The molecule has 0 atom stereocenters. The van der Waals surface area contributed by atoms with E-state index in [1.807, 2.05) is 23.1 Å². The van der Waals surface area contributed by atoms with Gasteiger partial charge in [-0.05, 0) is 6.07 Å². The van der Waals surface area contributed by atoms with Gasteiger partial charge >= 0.3 is 0 Å². The molecule has 4 rings (SSSR count). The van der Waals surface area contributed by atoms with Crippen LogP contribution in [0.15, 0.2) is 35.0 Å². The second-order valence-corrected chi connectivity index (χ2v) is 6.15. The molecule has 0 bridgehead atoms. The largest absolute Gasteiger partial charge is 0.441 e. The lowest BCUT2D eigenvalue weighted by Crippen LogP contribution is -2.41. The number of morpholine rings is 1. The average molecular weight is 353 g/mol. The predicted octanol–water partition coefficient (Wildman–Crippen LogP) is 1.86. The molecule has 0 saturated carbocycles. The number of fused-ring (bicyclic) bond motifs is 1. The number of carbonyl (C=O) groups is 1. The Morgan fingerprint density at radius 2 is 2.08 bits per heavy atom. The highest BCUT2D eigenvalue weighted by atomic mass is 16.5. The molecule has 0 aliphatic carbocycles. The highest BCUT2D eigenvalue weighted by Gasteiger charge is 2.15. The zero-order chi connectivity index (χ0) is 17.9. The van der Waals surface area contributed by atoms with Gasteiger partial charge in [0.25, 0.3) is 0 Å². The molecule has 1 aliphatic rings. The van der Waals surface area contributed by atoms with Gasteiger partial charge in [-0.2, -0.15) is 0 Å². The van der Waals surface area contributed by atoms with Gasteiger partial charge in [0, 0.05) is 37.2 Å². The first kappa shape index (κ1) is 16.6. The third kappa shape index (κ3) is 3.71. The van der Waals surface area contributed by atoms with Crippen LogP contribution < -0.4 is 5.32 Å². The molecule has 1 aromatic carbocycles. The number of rotatable bonds is 4. The summed E-state index contributed by atoms with van der Waals surface area (Å²) in [6.07, 6.45) is 3.38. The van der Waals surface area contributed by atoms with Crippen molar-refractivity contribution < 1.29 is 13.9 Å². The maximum Gasteiger partial charge on any atom is 0.240 e. The van der Waals surface area contributed by atoms with E-state index < -0.39 is 0 Å². The summed E-state index contributed by atoms with van der Waals surface area (Å²) < 4.78 is 10.8. The van der Waals surface area contributed by atoms with Crippen LogP contribution in [0.25, 0.3) is 22.2 Å². The normalized spacial score (nSPS) is 15.3. The number of aromatic nitrogens is 3. The third-order valence-corrected chi connectivity index (χ3v) is 4.21. The monoisotopic (exact) mass is 353 g/mol. The minimum absolute atomic E-state index is 0.131. The number of ether oxygens (including phenoxy) is 1. The SMILES string of the molecule is Cc1ncc(-c2ccc3cnc(NC(=O)CN4CCOCC4)nc3c2)o1. The minimum atomic E-state index is -0.131. The summed E-state index contributed by atoms with van der Waals surface area (Å²) in [7, 11) is 0. The Morgan fingerprint density at radius 3 is 2.85 bits per heavy atom. The van der Waals surface area contributed by atoms with Crippen molar-refractivity contribution >= 4 is 22.8 Å². The van der Waals surface area contributed by atoms with Gasteiger partial charge in [-0.15, -0.1) is 0 Å². The van der Waals surface area contributed by atoms with Crippen molar-refractivity contribution in [3.63, 3.8) is 0 Å². The topological polar surface area (TPSA) is 93.4 Å². The van der Waals surface area contributed by atoms with Crippen molar-refractivity contribution in [2.24, 2.45) is 0 Å². The molecule has 2 aromatic heterocycles. The van der Waals surface area contributed by atoms with Gasteiger partial charge < -0.3 is 9.15 Å². The Balaban J connectivity index is 1.51. The van der Waals surface area contributed by atoms with E-state index in [2.05, 4.69) is 20.3 Å². The van der Waals surface area contributed by atoms with Crippen LogP contribution in [-0.2, 0) is 9.53 Å². The Hall–Kier alpha value is -2.84. The highest BCUT2D eigenvalue weighted by molar-refractivity contribution is 5.92. The fourth-order valence-corrected chi connectivity index (χ4v) is 2.86. The molecular weight excluding hydrogens is 334 g/mol. The number of oxazole rings is 1. The molecule has 1 fully saturated rings. The highest BCUT2D eigenvalue weighted by Crippen LogP contribution is 2.24. The summed E-state index contributed by atoms with van der Waals surface area (Å²) in [5, 5.41) is 3.65. The Kier molecular flexibility index (Phi) is 4.59. The van der Waals surface area contributed by atoms with E-state index in [1.54, 1.807) is 19.3 Å². The molecule has 8 nitrogen and oxygen atoms in total. The van der Waals surface area contributed by atoms with Crippen LogP contribution in [0, 0.1) is 6.92 Å². The van der Waals surface area contributed by atoms with Crippen LogP contribution in [0.4, 0.5) is 5.95 Å². The van der Waals surface area contributed by atoms with Crippen LogP contribution in [0.1, 0.15) is 5.89 Å². The maximum atomic E-state index is 12.2. The predicted molar refractivity (Wildman–Crippen MR) is 95.7 cm³/mol. The lowest BCUT2D eigenvalue weighted by Gasteiger charge is -2.25. The van der Waals surface area contributed by atoms with Gasteiger partial charge in [-0.25, -0.2) is 15.0 Å². The Bertz CT molecular complexity index is 933. The molecular formula is C18H19N5O3. The van der Waals surface area contributed by atoms with Crippen molar-refractivity contribution in [2.45, 2.75) is 6.92 Å². The smallest absolute Gasteiger partial charge is 0.240 e. The maximum absolute atomic E-state index is 12.2. The number of carbonyl (C=O) groups excluding carboxylic acids is 1. The lowest BCUT2D eigenvalue weighted by atomic mass is 10.1. The zero-order valence-electron chi connectivity index (χ0n) is 14.4. The Morgan fingerprint density at radius 1 is 1.23 bits per heavy atom. The van der Waals surface area contributed by atoms with E-state index in [0.29, 0.717) is 37.4 Å². The van der Waals surface area contributed by atoms with Crippen LogP contribution >= 0.6 is 0 Å². The standard InChI is InChI=1S/C18H19N5O3/c1-12-19-10-16(26-12)13-2-3-14-9-20-18(21-15(14)8-13)22-17(24)11-23-4-6-25-7-5-23/h2-3,8-10H,4-7,11H2,1H3,(H,20,21,22,24). The number of aryl methyl sites for hydroxylation is 1. The number of hydrogen-bond acceptors (Lipinski definition) is 7. The fourth-order valence-electron chi connectivity index (χ4n) is 2.86. The molecule has 1 amide bonds. The van der Waals surface area contributed by atoms with E-state index in [0.717, 1.165) is 29.6 Å². The van der Waals surface area contributed by atoms with E-state index in [-0.39, 0.29) is 5.91 Å². The van der Waals surface area contributed by atoms with Crippen molar-refractivity contribution in [1.29, 1.82) is 0 Å². The number of hydrogen-bond donors (Lipinski definition) is 1. The molecule has 0 radical (unpaired) electrons. The summed E-state index contributed by atoms with van der Waals surface area (Å²) in [6.45, 7) is 4.93. The first-order chi connectivity index (χ1) is 12.7. The van der Waals surface area contributed by atoms with E-state index in [9.17, 15) is 4.79 Å². The minimum Gasteiger partial charge on any atom is -0.441 e. The van der Waals surface area contributed by atoms with E-state index in [4.69, 9.17) is 9.15 Å². The molecule has 0 spiro atoms. The second kappa shape index (κ2) is 7.19.